The monoisotopic (exact) mass is 389 g/mol. The van der Waals surface area contributed by atoms with Crippen molar-refractivity contribution in [2.75, 3.05) is 23.7 Å². The number of benzene rings is 1. The number of nitrogens with two attached hydrogens (primary N) is 1. The summed E-state index contributed by atoms with van der Waals surface area (Å²) in [6, 6.07) is 7.40. The molecule has 0 unspecified atom stereocenters. The predicted octanol–water partition coefficient (Wildman–Crippen LogP) is 2.55. The third kappa shape index (κ3) is 4.07. The lowest BCUT2D eigenvalue weighted by atomic mass is 9.99. The molecule has 1 aliphatic rings. The van der Waals surface area contributed by atoms with Gasteiger partial charge in [0.15, 0.2) is 0 Å². The van der Waals surface area contributed by atoms with Crippen LogP contribution >= 0.6 is 0 Å². The first-order valence-corrected chi connectivity index (χ1v) is 9.48. The van der Waals surface area contributed by atoms with Gasteiger partial charge in [-0.15, -0.1) is 0 Å². The number of rotatable bonds is 4. The zero-order valence-electron chi connectivity index (χ0n) is 16.4. The second-order valence-electron chi connectivity index (χ2n) is 7.23. The van der Waals surface area contributed by atoms with Gasteiger partial charge in [0.05, 0.1) is 23.6 Å². The highest BCUT2D eigenvalue weighted by Crippen LogP contribution is 2.25. The summed E-state index contributed by atoms with van der Waals surface area (Å²) >= 11 is 0. The molecule has 0 radical (unpaired) electrons. The Kier molecular flexibility index (Phi) is 5.18. The number of nitrogen functional groups attached to an aromatic ring is 1. The molecule has 4 rings (SSSR count). The van der Waals surface area contributed by atoms with Gasteiger partial charge >= 0.3 is 0 Å². The molecule has 1 fully saturated rings. The van der Waals surface area contributed by atoms with E-state index >= 15 is 0 Å². The van der Waals surface area contributed by atoms with Gasteiger partial charge in [0, 0.05) is 48.4 Å². The number of hydrogen-bond donors (Lipinski definition) is 2. The third-order valence-electron chi connectivity index (χ3n) is 4.87. The van der Waals surface area contributed by atoms with E-state index in [1.807, 2.05) is 32.0 Å². The van der Waals surface area contributed by atoms with Crippen molar-refractivity contribution in [1.29, 1.82) is 5.41 Å². The van der Waals surface area contributed by atoms with Crippen LogP contribution in [0.3, 0.4) is 0 Å². The minimum atomic E-state index is 0.122. The topological polar surface area (TPSA) is 114 Å². The molecule has 8 heteroatoms. The van der Waals surface area contributed by atoms with Gasteiger partial charge in [0.2, 0.25) is 0 Å². The third-order valence-corrected chi connectivity index (χ3v) is 4.87. The molecule has 1 aromatic carbocycles. The second kappa shape index (κ2) is 7.92. The molecule has 0 bridgehead atoms. The van der Waals surface area contributed by atoms with Gasteiger partial charge in [0.25, 0.3) is 0 Å². The number of aromatic nitrogens is 4. The molecule has 0 aliphatic carbocycles. The highest BCUT2D eigenvalue weighted by molar-refractivity contribution is 6.13. The average Bonchev–Trinajstić information content (AvgIpc) is 2.74. The van der Waals surface area contributed by atoms with Crippen molar-refractivity contribution in [3.63, 3.8) is 0 Å². The normalized spacial score (nSPS) is 19.2. The van der Waals surface area contributed by atoms with Crippen molar-refractivity contribution in [1.82, 2.24) is 19.9 Å². The molecule has 148 valence electrons. The van der Waals surface area contributed by atoms with Gasteiger partial charge in [-0.3, -0.25) is 5.41 Å². The number of hydrogen-bond acceptors (Lipinski definition) is 8. The highest BCUT2D eigenvalue weighted by atomic mass is 16.5. The second-order valence-corrected chi connectivity index (χ2v) is 7.23. The fourth-order valence-corrected chi connectivity index (χ4v) is 3.56. The summed E-state index contributed by atoms with van der Waals surface area (Å²) in [6.45, 7) is 5.60. The maximum absolute atomic E-state index is 8.72. The van der Waals surface area contributed by atoms with Crippen molar-refractivity contribution < 1.29 is 4.74 Å². The molecular weight excluding hydrogens is 366 g/mol. The average molecular weight is 389 g/mol. The molecule has 29 heavy (non-hydrogen) atoms. The van der Waals surface area contributed by atoms with Crippen LogP contribution in [0.4, 0.5) is 11.5 Å². The van der Waals surface area contributed by atoms with Crippen LogP contribution in [-0.2, 0) is 4.74 Å². The molecule has 3 heterocycles. The lowest BCUT2D eigenvalue weighted by Gasteiger charge is -2.36. The Hall–Kier alpha value is -3.39. The Bertz CT molecular complexity index is 1010. The summed E-state index contributed by atoms with van der Waals surface area (Å²) in [5, 5.41) is 8.72. The maximum atomic E-state index is 8.72. The van der Waals surface area contributed by atoms with E-state index in [2.05, 4.69) is 24.8 Å². The lowest BCUT2D eigenvalue weighted by Crippen LogP contribution is -2.45. The first-order chi connectivity index (χ1) is 14.0. The quantitative estimate of drug-likeness (QED) is 0.520. The number of nitrogens with one attached hydrogen (secondary N) is 1. The fourth-order valence-electron chi connectivity index (χ4n) is 3.56. The van der Waals surface area contributed by atoms with Gasteiger partial charge < -0.3 is 15.4 Å². The Labute approximate surface area is 169 Å². The van der Waals surface area contributed by atoms with Gasteiger partial charge in [-0.2, -0.15) is 0 Å². The molecule has 0 spiro atoms. The maximum Gasteiger partial charge on any atom is 0.132 e. The largest absolute Gasteiger partial charge is 0.398 e. The van der Waals surface area contributed by atoms with Crippen LogP contribution in [0.1, 0.15) is 25.1 Å². The minimum absolute atomic E-state index is 0.122. The van der Waals surface area contributed by atoms with E-state index < -0.39 is 0 Å². The van der Waals surface area contributed by atoms with Crippen LogP contribution in [0, 0.1) is 5.41 Å². The molecule has 1 aliphatic heterocycles. The first-order valence-electron chi connectivity index (χ1n) is 9.48. The summed E-state index contributed by atoms with van der Waals surface area (Å²) in [5.74, 6) is 0.785. The Morgan fingerprint density at radius 3 is 2.48 bits per heavy atom. The molecular formula is C21H23N7O. The SMILES string of the molecule is C[C@@H]1CN(c2cc(C(=N)c3cc(-c4cncnc4)ccc3N)ncn2)C[C@H](C)O1. The zero-order valence-corrected chi connectivity index (χ0v) is 16.4. The van der Waals surface area contributed by atoms with Crippen LogP contribution in [0.25, 0.3) is 11.1 Å². The molecule has 2 aromatic heterocycles. The van der Waals surface area contributed by atoms with E-state index in [1.54, 1.807) is 18.5 Å². The van der Waals surface area contributed by atoms with Crippen molar-refractivity contribution in [2.24, 2.45) is 0 Å². The molecule has 8 nitrogen and oxygen atoms in total. The Balaban J connectivity index is 1.65. The molecule has 3 N–H and O–H groups in total. The fraction of sp³-hybridized carbons (Fsp3) is 0.286. The van der Waals surface area contributed by atoms with E-state index in [0.29, 0.717) is 16.9 Å². The van der Waals surface area contributed by atoms with Crippen LogP contribution < -0.4 is 10.6 Å². The Morgan fingerprint density at radius 2 is 1.76 bits per heavy atom. The zero-order chi connectivity index (χ0) is 20.4. The number of morpholine rings is 1. The van der Waals surface area contributed by atoms with Gasteiger partial charge in [-0.25, -0.2) is 19.9 Å². The summed E-state index contributed by atoms with van der Waals surface area (Å²) < 4.78 is 5.80. The van der Waals surface area contributed by atoms with Gasteiger partial charge in [0.1, 0.15) is 18.5 Å². The minimum Gasteiger partial charge on any atom is -0.398 e. The van der Waals surface area contributed by atoms with E-state index in [0.717, 1.165) is 30.0 Å². The van der Waals surface area contributed by atoms with Crippen LogP contribution in [-0.4, -0.2) is 50.9 Å². The van der Waals surface area contributed by atoms with Crippen LogP contribution in [0.15, 0.2) is 49.3 Å². The van der Waals surface area contributed by atoms with E-state index in [1.165, 1.54) is 12.7 Å². The van der Waals surface area contributed by atoms with Crippen molar-refractivity contribution in [2.45, 2.75) is 26.1 Å². The number of anilines is 2. The van der Waals surface area contributed by atoms with Gasteiger partial charge in [-0.05, 0) is 31.5 Å². The van der Waals surface area contributed by atoms with E-state index in [4.69, 9.17) is 15.9 Å². The van der Waals surface area contributed by atoms with E-state index in [-0.39, 0.29) is 17.9 Å². The van der Waals surface area contributed by atoms with Crippen molar-refractivity contribution in [3.8, 4) is 11.1 Å². The van der Waals surface area contributed by atoms with Crippen molar-refractivity contribution in [3.05, 3.63) is 60.6 Å². The summed E-state index contributed by atoms with van der Waals surface area (Å²) in [5.41, 5.74) is 9.84. The van der Waals surface area contributed by atoms with Crippen molar-refractivity contribution >= 4 is 17.2 Å². The molecule has 0 amide bonds. The lowest BCUT2D eigenvalue weighted by molar-refractivity contribution is -0.00546. The summed E-state index contributed by atoms with van der Waals surface area (Å²) in [6.07, 6.45) is 6.69. The van der Waals surface area contributed by atoms with E-state index in [9.17, 15) is 0 Å². The molecule has 3 aromatic rings. The molecule has 2 atom stereocenters. The standard InChI is InChI=1S/C21H23N7O/c1-13-9-28(10-14(2)29-13)20-6-19(26-12-27-20)21(23)17-5-15(3-4-18(17)22)16-7-24-11-25-8-16/h3-8,11-14,23H,9-10,22H2,1-2H3/t13-,14+. The predicted molar refractivity (Wildman–Crippen MR) is 112 cm³/mol. The van der Waals surface area contributed by atoms with Gasteiger partial charge in [-0.1, -0.05) is 6.07 Å². The molecule has 0 saturated carbocycles. The first kappa shape index (κ1) is 18.9. The number of nitrogens with zero attached hydrogens (tertiary/aromatic N) is 5. The Morgan fingerprint density at radius 1 is 1.03 bits per heavy atom. The summed E-state index contributed by atoms with van der Waals surface area (Å²) in [4.78, 5) is 19.0. The smallest absolute Gasteiger partial charge is 0.132 e. The summed E-state index contributed by atoms with van der Waals surface area (Å²) in [7, 11) is 0. The van der Waals surface area contributed by atoms with Crippen LogP contribution in [0.5, 0.6) is 0 Å². The number of ether oxygens (including phenoxy) is 1. The highest BCUT2D eigenvalue weighted by Gasteiger charge is 2.24. The molecule has 1 saturated heterocycles. The van der Waals surface area contributed by atoms with Crippen LogP contribution in [0.2, 0.25) is 0 Å².